The molecule has 0 unspecified atom stereocenters. The Hall–Kier alpha value is -1.35. The number of imide groups is 1. The van der Waals surface area contributed by atoms with Gasteiger partial charge in [-0.2, -0.15) is 8.42 Å². The molecule has 0 saturated heterocycles. The summed E-state index contributed by atoms with van der Waals surface area (Å²) in [4.78, 5) is 24.6. The monoisotopic (exact) mass is 439 g/mol. The lowest BCUT2D eigenvalue weighted by Gasteiger charge is -2.12. The first-order valence-corrected chi connectivity index (χ1v) is 9.33. The molecule has 0 spiro atoms. The number of hydrogen-bond donors (Lipinski definition) is 0. The van der Waals surface area contributed by atoms with Gasteiger partial charge in [0.1, 0.15) is 0 Å². The number of rotatable bonds is 3. The molecule has 1 heterocycles. The van der Waals surface area contributed by atoms with Crippen LogP contribution >= 0.6 is 46.4 Å². The van der Waals surface area contributed by atoms with Crippen molar-refractivity contribution in [3.8, 4) is 0 Å². The number of amides is 2. The highest BCUT2D eigenvalue weighted by Crippen LogP contribution is 2.45. The molecule has 0 radical (unpaired) electrons. The lowest BCUT2D eigenvalue weighted by atomic mass is 10.1. The molecule has 0 aromatic heterocycles. The van der Waals surface area contributed by atoms with Gasteiger partial charge in [0.15, 0.2) is 0 Å². The summed E-state index contributed by atoms with van der Waals surface area (Å²) in [7, 11) is -4.44. The van der Waals surface area contributed by atoms with Crippen LogP contribution in [0.4, 0.5) is 0 Å². The van der Waals surface area contributed by atoms with Gasteiger partial charge < -0.3 is 0 Å². The number of halogens is 4. The summed E-state index contributed by atoms with van der Waals surface area (Å²) in [5, 5.41) is -1.07. The lowest BCUT2D eigenvalue weighted by Crippen LogP contribution is -2.32. The molecule has 0 aliphatic carbocycles. The van der Waals surface area contributed by atoms with Gasteiger partial charge in [-0.1, -0.05) is 64.6 Å². The van der Waals surface area contributed by atoms with Gasteiger partial charge in [-0.25, -0.2) is 0 Å². The molecule has 3 rings (SSSR count). The number of benzene rings is 2. The summed E-state index contributed by atoms with van der Waals surface area (Å²) < 4.78 is 29.2. The summed E-state index contributed by atoms with van der Waals surface area (Å²) in [5.41, 5.74) is -0.761. The largest absolute Gasteiger partial charge is 0.318 e. The van der Waals surface area contributed by atoms with Crippen molar-refractivity contribution in [3.05, 3.63) is 61.5 Å². The second-order valence-electron chi connectivity index (χ2n) is 4.75. The molecular formula is C14H5Cl4NO5S. The Labute approximate surface area is 161 Å². The van der Waals surface area contributed by atoms with E-state index in [2.05, 4.69) is 4.28 Å². The van der Waals surface area contributed by atoms with Gasteiger partial charge in [-0.15, -0.1) is 9.35 Å². The average Bonchev–Trinajstić information content (AvgIpc) is 2.83. The van der Waals surface area contributed by atoms with Gasteiger partial charge in [-0.3, -0.25) is 9.59 Å². The van der Waals surface area contributed by atoms with E-state index in [0.29, 0.717) is 0 Å². The summed E-state index contributed by atoms with van der Waals surface area (Å²) in [6, 6.07) is 6.96. The van der Waals surface area contributed by atoms with E-state index in [0.717, 1.165) is 0 Å². The van der Waals surface area contributed by atoms with Crippen molar-refractivity contribution in [1.29, 1.82) is 0 Å². The molecule has 1 aliphatic rings. The Kier molecular flexibility index (Phi) is 4.74. The molecule has 11 heteroatoms. The third-order valence-corrected chi connectivity index (χ3v) is 6.27. The van der Waals surface area contributed by atoms with Crippen LogP contribution in [0.25, 0.3) is 0 Å². The quantitative estimate of drug-likeness (QED) is 0.405. The van der Waals surface area contributed by atoms with E-state index in [1.165, 1.54) is 24.3 Å². The molecule has 0 atom stereocenters. The van der Waals surface area contributed by atoms with E-state index in [9.17, 15) is 18.0 Å². The third kappa shape index (κ3) is 2.91. The second kappa shape index (κ2) is 6.42. The molecule has 6 nitrogen and oxygen atoms in total. The maximum absolute atomic E-state index is 12.4. The highest BCUT2D eigenvalue weighted by molar-refractivity contribution is 7.86. The highest BCUT2D eigenvalue weighted by atomic mass is 35.5. The predicted octanol–water partition coefficient (Wildman–Crippen LogP) is 4.22. The highest BCUT2D eigenvalue weighted by Gasteiger charge is 2.45. The Morgan fingerprint density at radius 2 is 1.20 bits per heavy atom. The molecule has 0 bridgehead atoms. The normalized spacial score (nSPS) is 14.2. The van der Waals surface area contributed by atoms with E-state index in [-0.39, 0.29) is 41.2 Å². The number of hydroxylamine groups is 2. The van der Waals surface area contributed by atoms with Crippen LogP contribution in [-0.2, 0) is 14.4 Å². The van der Waals surface area contributed by atoms with Crippen molar-refractivity contribution >= 4 is 68.3 Å². The fourth-order valence-electron chi connectivity index (χ4n) is 2.12. The number of hydrogen-bond acceptors (Lipinski definition) is 5. The Bertz CT molecular complexity index is 977. The van der Waals surface area contributed by atoms with Crippen LogP contribution in [0, 0.1) is 0 Å². The number of carbonyl (C=O) groups is 2. The fraction of sp³-hybridized carbons (Fsp3) is 0. The molecule has 130 valence electrons. The Morgan fingerprint density at radius 3 is 1.64 bits per heavy atom. The zero-order chi connectivity index (χ0) is 18.5. The Balaban J connectivity index is 2.07. The molecule has 25 heavy (non-hydrogen) atoms. The Morgan fingerprint density at radius 1 is 0.760 bits per heavy atom. The summed E-state index contributed by atoms with van der Waals surface area (Å²) >= 11 is 23.6. The number of carbonyl (C=O) groups excluding carboxylic acids is 2. The molecule has 1 aliphatic heterocycles. The van der Waals surface area contributed by atoms with Crippen LogP contribution in [0.1, 0.15) is 20.7 Å². The van der Waals surface area contributed by atoms with Crippen LogP contribution in [0.3, 0.4) is 0 Å². The first kappa shape index (κ1) is 18.4. The van der Waals surface area contributed by atoms with Gasteiger partial charge in [0.2, 0.25) is 0 Å². The van der Waals surface area contributed by atoms with Crippen LogP contribution in [0.2, 0.25) is 20.1 Å². The van der Waals surface area contributed by atoms with Gasteiger partial charge in [0, 0.05) is 0 Å². The van der Waals surface area contributed by atoms with Crippen LogP contribution in [0.15, 0.2) is 35.2 Å². The standard InChI is InChI=1S/C14H5Cl4NO5S/c15-9-7-8(10(16)12(18)11(9)17)14(21)19(13(7)20)24-25(22,23)6-4-2-1-3-5-6/h1-5H. The third-order valence-electron chi connectivity index (χ3n) is 3.27. The lowest BCUT2D eigenvalue weighted by molar-refractivity contribution is -0.0103. The number of fused-ring (bicyclic) bond motifs is 1. The summed E-state index contributed by atoms with van der Waals surface area (Å²) in [5.74, 6) is -2.24. The second-order valence-corrected chi connectivity index (χ2v) is 7.79. The fourth-order valence-corrected chi connectivity index (χ4v) is 4.05. The van der Waals surface area contributed by atoms with Crippen molar-refractivity contribution in [2.24, 2.45) is 0 Å². The molecular weight excluding hydrogens is 436 g/mol. The first-order chi connectivity index (χ1) is 11.7. The average molecular weight is 441 g/mol. The van der Waals surface area contributed by atoms with Crippen molar-refractivity contribution in [2.75, 3.05) is 0 Å². The summed E-state index contributed by atoms with van der Waals surface area (Å²) in [6.45, 7) is 0. The van der Waals surface area contributed by atoms with Crippen molar-refractivity contribution in [3.63, 3.8) is 0 Å². The predicted molar refractivity (Wildman–Crippen MR) is 91.7 cm³/mol. The van der Waals surface area contributed by atoms with E-state index >= 15 is 0 Å². The van der Waals surface area contributed by atoms with E-state index in [1.54, 1.807) is 6.07 Å². The van der Waals surface area contributed by atoms with E-state index in [1.807, 2.05) is 0 Å². The SMILES string of the molecule is O=C1c2c(Cl)c(Cl)c(Cl)c(Cl)c2C(=O)N1OS(=O)(=O)c1ccccc1. The molecule has 0 N–H and O–H groups in total. The number of nitrogens with zero attached hydrogens (tertiary/aromatic N) is 1. The van der Waals surface area contributed by atoms with Crippen LogP contribution < -0.4 is 0 Å². The molecule has 0 saturated carbocycles. The van der Waals surface area contributed by atoms with Crippen molar-refractivity contribution in [2.45, 2.75) is 4.90 Å². The minimum absolute atomic E-state index is 0.0530. The minimum atomic E-state index is -4.44. The molecule has 2 amide bonds. The van der Waals surface area contributed by atoms with Crippen molar-refractivity contribution in [1.82, 2.24) is 5.06 Å². The van der Waals surface area contributed by atoms with Gasteiger partial charge >= 0.3 is 10.1 Å². The molecule has 2 aromatic carbocycles. The zero-order valence-corrected chi connectivity index (χ0v) is 15.6. The zero-order valence-electron chi connectivity index (χ0n) is 11.8. The smallest absolute Gasteiger partial charge is 0.266 e. The van der Waals surface area contributed by atoms with Gasteiger partial charge in [0.05, 0.1) is 36.1 Å². The van der Waals surface area contributed by atoms with Gasteiger partial charge in [-0.05, 0) is 12.1 Å². The maximum atomic E-state index is 12.4. The maximum Gasteiger partial charge on any atom is 0.318 e. The van der Waals surface area contributed by atoms with Crippen LogP contribution in [0.5, 0.6) is 0 Å². The molecule has 0 fully saturated rings. The van der Waals surface area contributed by atoms with E-state index < -0.39 is 21.9 Å². The van der Waals surface area contributed by atoms with Gasteiger partial charge in [0.25, 0.3) is 11.8 Å². The van der Waals surface area contributed by atoms with Crippen LogP contribution in [-0.4, -0.2) is 25.3 Å². The van der Waals surface area contributed by atoms with E-state index in [4.69, 9.17) is 46.4 Å². The molecule has 2 aromatic rings. The topological polar surface area (TPSA) is 80.8 Å². The first-order valence-electron chi connectivity index (χ1n) is 6.41. The van der Waals surface area contributed by atoms with Crippen molar-refractivity contribution < 1.29 is 22.3 Å². The minimum Gasteiger partial charge on any atom is -0.266 e. The summed E-state index contributed by atoms with van der Waals surface area (Å²) in [6.07, 6.45) is 0.